The van der Waals surface area contributed by atoms with Gasteiger partial charge in [0.15, 0.2) is 5.82 Å². The predicted molar refractivity (Wildman–Crippen MR) is 50.1 cm³/mol. The number of hydrogen-bond acceptors (Lipinski definition) is 5. The first-order valence-corrected chi connectivity index (χ1v) is 4.42. The van der Waals surface area contributed by atoms with Gasteiger partial charge in [-0.1, -0.05) is 0 Å². The minimum absolute atomic E-state index is 0.362. The Morgan fingerprint density at radius 1 is 1.67 bits per heavy atom. The van der Waals surface area contributed by atoms with E-state index in [4.69, 9.17) is 10.4 Å². The molecule has 0 unspecified atom stereocenters. The molecule has 1 aromatic rings. The Labute approximate surface area is 85.8 Å². The summed E-state index contributed by atoms with van der Waals surface area (Å²) in [5.41, 5.74) is 0.425. The third-order valence-corrected chi connectivity index (χ3v) is 2.35. The predicted octanol–water partition coefficient (Wildman–Crippen LogP) is -0.131. The molecule has 1 aromatic heterocycles. The highest BCUT2D eigenvalue weighted by atomic mass is 16.4. The number of aliphatic carboxylic acids is 1. The van der Waals surface area contributed by atoms with Gasteiger partial charge in [-0.25, -0.2) is 0 Å². The van der Waals surface area contributed by atoms with E-state index in [9.17, 15) is 4.79 Å². The average molecular weight is 204 g/mol. The number of nitriles is 1. The van der Waals surface area contributed by atoms with Crippen LogP contribution in [0.3, 0.4) is 0 Å². The van der Waals surface area contributed by atoms with Gasteiger partial charge in [-0.3, -0.25) is 4.79 Å². The molecule has 1 fully saturated rings. The zero-order chi connectivity index (χ0) is 10.8. The molecule has 76 valence electrons. The summed E-state index contributed by atoms with van der Waals surface area (Å²) in [5.74, 6) is -0.704. The monoisotopic (exact) mass is 204 g/mol. The Kier molecular flexibility index (Phi) is 2.21. The van der Waals surface area contributed by atoms with E-state index in [1.807, 2.05) is 6.07 Å². The molecular weight excluding hydrogens is 196 g/mol. The van der Waals surface area contributed by atoms with E-state index in [2.05, 4.69) is 10.2 Å². The Balaban J connectivity index is 2.14. The van der Waals surface area contributed by atoms with Crippen molar-refractivity contribution in [3.05, 3.63) is 17.8 Å². The quantitative estimate of drug-likeness (QED) is 0.721. The molecule has 2 rings (SSSR count). The standard InChI is InChI=1S/C9H8N4O2/c10-3-6-1-2-11-12-8(6)13-4-7(5-13)9(14)15/h1-2,7H,4-5H2,(H,14,15). The molecule has 0 spiro atoms. The van der Waals surface area contributed by atoms with Crippen LogP contribution in [0.5, 0.6) is 0 Å². The highest BCUT2D eigenvalue weighted by Gasteiger charge is 2.34. The van der Waals surface area contributed by atoms with E-state index in [0.717, 1.165) is 0 Å². The summed E-state index contributed by atoms with van der Waals surface area (Å²) in [6.07, 6.45) is 1.44. The van der Waals surface area contributed by atoms with Crippen molar-refractivity contribution < 1.29 is 9.90 Å². The number of carboxylic acids is 1. The first kappa shape index (κ1) is 9.40. The van der Waals surface area contributed by atoms with Crippen LogP contribution < -0.4 is 4.90 Å². The largest absolute Gasteiger partial charge is 0.481 e. The van der Waals surface area contributed by atoms with Crippen molar-refractivity contribution in [2.24, 2.45) is 5.92 Å². The van der Waals surface area contributed by atoms with Crippen molar-refractivity contribution in [2.45, 2.75) is 0 Å². The molecule has 2 heterocycles. The molecule has 6 heteroatoms. The van der Waals surface area contributed by atoms with E-state index < -0.39 is 5.97 Å². The number of rotatable bonds is 2. The van der Waals surface area contributed by atoms with E-state index in [1.54, 1.807) is 11.0 Å². The molecule has 0 saturated carbocycles. The zero-order valence-corrected chi connectivity index (χ0v) is 7.79. The maximum Gasteiger partial charge on any atom is 0.310 e. The Bertz CT molecular complexity index is 434. The lowest BCUT2D eigenvalue weighted by Gasteiger charge is -2.37. The smallest absolute Gasteiger partial charge is 0.310 e. The van der Waals surface area contributed by atoms with Gasteiger partial charge in [0.05, 0.1) is 17.7 Å². The molecule has 6 nitrogen and oxygen atoms in total. The second kappa shape index (κ2) is 3.53. The molecule has 1 aliphatic rings. The lowest BCUT2D eigenvalue weighted by molar-refractivity contribution is -0.142. The fourth-order valence-corrected chi connectivity index (χ4v) is 1.45. The van der Waals surface area contributed by atoms with Crippen LogP contribution in [-0.2, 0) is 4.79 Å². The van der Waals surface area contributed by atoms with Crippen LogP contribution >= 0.6 is 0 Å². The first-order chi connectivity index (χ1) is 7.22. The summed E-state index contributed by atoms with van der Waals surface area (Å²) in [6, 6.07) is 3.56. The minimum atomic E-state index is -0.811. The van der Waals surface area contributed by atoms with Crippen LogP contribution in [0.25, 0.3) is 0 Å². The average Bonchev–Trinajstić information content (AvgIpc) is 2.15. The van der Waals surface area contributed by atoms with E-state index >= 15 is 0 Å². The van der Waals surface area contributed by atoms with Crippen molar-refractivity contribution >= 4 is 11.8 Å². The van der Waals surface area contributed by atoms with Crippen LogP contribution in [0.4, 0.5) is 5.82 Å². The topological polar surface area (TPSA) is 90.1 Å². The fraction of sp³-hybridized carbons (Fsp3) is 0.333. The van der Waals surface area contributed by atoms with Gasteiger partial charge in [0.2, 0.25) is 0 Å². The summed E-state index contributed by atoms with van der Waals surface area (Å²) in [4.78, 5) is 12.3. The Morgan fingerprint density at radius 2 is 2.40 bits per heavy atom. The highest BCUT2D eigenvalue weighted by molar-refractivity contribution is 5.74. The summed E-state index contributed by atoms with van der Waals surface area (Å²) >= 11 is 0. The minimum Gasteiger partial charge on any atom is -0.481 e. The number of nitrogens with zero attached hydrogens (tertiary/aromatic N) is 4. The normalized spacial score (nSPS) is 15.5. The molecule has 1 saturated heterocycles. The maximum absolute atomic E-state index is 10.6. The first-order valence-electron chi connectivity index (χ1n) is 4.42. The molecule has 1 aliphatic heterocycles. The van der Waals surface area contributed by atoms with Crippen LogP contribution in [-0.4, -0.2) is 34.4 Å². The Hall–Kier alpha value is -2.16. The fourth-order valence-electron chi connectivity index (χ4n) is 1.45. The molecule has 0 radical (unpaired) electrons. The van der Waals surface area contributed by atoms with Gasteiger partial charge in [0, 0.05) is 13.1 Å². The molecule has 0 aromatic carbocycles. The van der Waals surface area contributed by atoms with Crippen molar-refractivity contribution in [3.63, 3.8) is 0 Å². The second-order valence-corrected chi connectivity index (χ2v) is 3.32. The number of hydrogen-bond donors (Lipinski definition) is 1. The van der Waals surface area contributed by atoms with Crippen LogP contribution in [0, 0.1) is 17.2 Å². The van der Waals surface area contributed by atoms with Gasteiger partial charge in [0.25, 0.3) is 0 Å². The second-order valence-electron chi connectivity index (χ2n) is 3.32. The lowest BCUT2D eigenvalue weighted by atomic mass is 10.0. The number of anilines is 1. The van der Waals surface area contributed by atoms with Gasteiger partial charge in [0.1, 0.15) is 6.07 Å². The summed E-state index contributed by atoms with van der Waals surface area (Å²) in [5, 5.41) is 25.0. The Morgan fingerprint density at radius 3 is 3.00 bits per heavy atom. The third kappa shape index (κ3) is 1.59. The SMILES string of the molecule is N#Cc1ccnnc1N1CC(C(=O)O)C1. The van der Waals surface area contributed by atoms with Crippen molar-refractivity contribution in [1.29, 1.82) is 5.26 Å². The molecule has 0 atom stereocenters. The van der Waals surface area contributed by atoms with E-state index in [-0.39, 0.29) is 5.92 Å². The van der Waals surface area contributed by atoms with Gasteiger partial charge in [-0.15, -0.1) is 5.10 Å². The summed E-state index contributed by atoms with van der Waals surface area (Å²) in [7, 11) is 0. The number of carboxylic acid groups (broad SMARTS) is 1. The van der Waals surface area contributed by atoms with Gasteiger partial charge in [-0.2, -0.15) is 10.4 Å². The molecule has 0 amide bonds. The third-order valence-electron chi connectivity index (χ3n) is 2.35. The van der Waals surface area contributed by atoms with Crippen LogP contribution in [0.15, 0.2) is 12.3 Å². The van der Waals surface area contributed by atoms with Crippen LogP contribution in [0.1, 0.15) is 5.56 Å². The molecular formula is C9H8N4O2. The molecule has 0 bridgehead atoms. The van der Waals surface area contributed by atoms with Crippen LogP contribution in [0.2, 0.25) is 0 Å². The highest BCUT2D eigenvalue weighted by Crippen LogP contribution is 2.24. The van der Waals surface area contributed by atoms with Crippen molar-refractivity contribution in [1.82, 2.24) is 10.2 Å². The number of carbonyl (C=O) groups is 1. The number of aromatic nitrogens is 2. The zero-order valence-electron chi connectivity index (χ0n) is 7.79. The summed E-state index contributed by atoms with van der Waals surface area (Å²) < 4.78 is 0. The molecule has 15 heavy (non-hydrogen) atoms. The molecule has 0 aliphatic carbocycles. The molecule has 1 N–H and O–H groups in total. The van der Waals surface area contributed by atoms with Gasteiger partial charge in [-0.05, 0) is 6.07 Å². The van der Waals surface area contributed by atoms with E-state index in [0.29, 0.717) is 24.5 Å². The lowest BCUT2D eigenvalue weighted by Crippen LogP contribution is -2.51. The summed E-state index contributed by atoms with van der Waals surface area (Å²) in [6.45, 7) is 0.783. The van der Waals surface area contributed by atoms with Crippen molar-refractivity contribution in [2.75, 3.05) is 18.0 Å². The van der Waals surface area contributed by atoms with Crippen molar-refractivity contribution in [3.8, 4) is 6.07 Å². The maximum atomic E-state index is 10.6. The van der Waals surface area contributed by atoms with Gasteiger partial charge >= 0.3 is 5.97 Å². The van der Waals surface area contributed by atoms with E-state index in [1.165, 1.54) is 6.20 Å². The van der Waals surface area contributed by atoms with Gasteiger partial charge < -0.3 is 10.0 Å².